The quantitative estimate of drug-likeness (QED) is 0.207. The summed E-state index contributed by atoms with van der Waals surface area (Å²) in [6.07, 6.45) is 9.62. The van der Waals surface area contributed by atoms with Crippen molar-refractivity contribution < 1.29 is 22.7 Å². The van der Waals surface area contributed by atoms with Gasteiger partial charge in [0, 0.05) is 31.7 Å². The Morgan fingerprint density at radius 2 is 1.87 bits per heavy atom. The summed E-state index contributed by atoms with van der Waals surface area (Å²) in [6.45, 7) is 7.10. The summed E-state index contributed by atoms with van der Waals surface area (Å²) in [4.78, 5) is 36.1. The van der Waals surface area contributed by atoms with Gasteiger partial charge in [-0.3, -0.25) is 14.5 Å². The van der Waals surface area contributed by atoms with E-state index in [1.807, 2.05) is 4.72 Å². The van der Waals surface area contributed by atoms with Gasteiger partial charge < -0.3 is 15.4 Å². The highest BCUT2D eigenvalue weighted by Crippen LogP contribution is 2.93. The summed E-state index contributed by atoms with van der Waals surface area (Å²) in [5.74, 6) is 0.982. The lowest BCUT2D eigenvalue weighted by molar-refractivity contribution is -0.127. The summed E-state index contributed by atoms with van der Waals surface area (Å²) < 4.78 is 34.2. The summed E-state index contributed by atoms with van der Waals surface area (Å²) in [5, 5.41) is 6.22. The van der Waals surface area contributed by atoms with Crippen LogP contribution in [0.25, 0.3) is 0 Å². The minimum absolute atomic E-state index is 0.125. The van der Waals surface area contributed by atoms with Crippen LogP contribution in [0.15, 0.2) is 35.4 Å². The van der Waals surface area contributed by atoms with Crippen LogP contribution < -0.4 is 20.3 Å². The van der Waals surface area contributed by atoms with E-state index in [1.165, 1.54) is 48.8 Å². The fourth-order valence-corrected chi connectivity index (χ4v) is 9.62. The van der Waals surface area contributed by atoms with Gasteiger partial charge in [0.1, 0.15) is 22.9 Å². The van der Waals surface area contributed by atoms with E-state index in [2.05, 4.69) is 34.4 Å². The molecule has 11 nitrogen and oxygen atoms in total. The lowest BCUT2D eigenvalue weighted by atomic mass is 9.94. The van der Waals surface area contributed by atoms with Crippen molar-refractivity contribution in [2.24, 2.45) is 22.7 Å². The van der Waals surface area contributed by atoms with E-state index >= 15 is 0 Å². The third-order valence-corrected chi connectivity index (χ3v) is 12.6. The zero-order chi connectivity index (χ0) is 32.3. The van der Waals surface area contributed by atoms with E-state index in [0.29, 0.717) is 54.5 Å². The monoisotopic (exact) mass is 670 g/mol. The van der Waals surface area contributed by atoms with Crippen LogP contribution in [0.5, 0.6) is 0 Å². The molecule has 5 aliphatic rings. The number of nitrogens with zero attached hydrogens (tertiary/aromatic N) is 3. The Labute approximate surface area is 275 Å². The Bertz CT molecular complexity index is 1620. The molecule has 1 unspecified atom stereocenters. The first kappa shape index (κ1) is 31.8. The number of carbonyl (C=O) groups is 2. The van der Waals surface area contributed by atoms with Gasteiger partial charge >= 0.3 is 0 Å². The van der Waals surface area contributed by atoms with Gasteiger partial charge in [-0.15, -0.1) is 0 Å². The molecule has 2 aliphatic heterocycles. The van der Waals surface area contributed by atoms with Crippen LogP contribution in [0.1, 0.15) is 82.0 Å². The number of rotatable bonds is 13. The number of aromatic nitrogens is 2. The molecule has 2 aromatic heterocycles. The molecule has 2 saturated heterocycles. The molecule has 248 valence electrons. The van der Waals surface area contributed by atoms with E-state index in [4.69, 9.17) is 16.3 Å². The van der Waals surface area contributed by atoms with Crippen LogP contribution in [0.2, 0.25) is 5.15 Å². The molecule has 0 aromatic carbocycles. The second-order valence-corrected chi connectivity index (χ2v) is 16.5. The molecule has 13 heteroatoms. The molecule has 2 atom stereocenters. The highest BCUT2D eigenvalue weighted by Gasteiger charge is 2.85. The summed E-state index contributed by atoms with van der Waals surface area (Å²) in [5.41, 5.74) is 1.30. The van der Waals surface area contributed by atoms with Crippen molar-refractivity contribution in [3.05, 3.63) is 41.0 Å². The second-order valence-electron chi connectivity index (χ2n) is 14.5. The molecule has 0 bridgehead atoms. The first-order valence-electron chi connectivity index (χ1n) is 16.6. The van der Waals surface area contributed by atoms with Gasteiger partial charge in [-0.05, 0) is 119 Å². The maximum Gasteiger partial charge on any atom is 0.281 e. The Hall–Kier alpha value is -2.80. The lowest BCUT2D eigenvalue weighted by Crippen LogP contribution is -2.33. The highest BCUT2D eigenvalue weighted by atomic mass is 35.5. The van der Waals surface area contributed by atoms with Crippen LogP contribution in [-0.4, -0.2) is 68.1 Å². The number of halogens is 1. The van der Waals surface area contributed by atoms with Crippen molar-refractivity contribution in [3.8, 4) is 0 Å². The number of pyridine rings is 2. The topological polar surface area (TPSA) is 143 Å². The molecular weight excluding hydrogens is 628 g/mol. The van der Waals surface area contributed by atoms with Crippen molar-refractivity contribution in [2.45, 2.75) is 88.3 Å². The third kappa shape index (κ3) is 6.02. The van der Waals surface area contributed by atoms with Gasteiger partial charge in [-0.1, -0.05) is 17.7 Å². The third-order valence-electron chi connectivity index (χ3n) is 11.0. The predicted molar refractivity (Wildman–Crippen MR) is 174 cm³/mol. The molecule has 3 aliphatic carbocycles. The number of carbonyl (C=O) groups excluding carboxylic acids is 2. The zero-order valence-corrected chi connectivity index (χ0v) is 28.1. The molecule has 46 heavy (non-hydrogen) atoms. The summed E-state index contributed by atoms with van der Waals surface area (Å²) >= 11 is 6.35. The molecule has 0 radical (unpaired) electrons. The second kappa shape index (κ2) is 11.7. The molecular formula is C33H43ClN6O5S. The SMILES string of the molecule is CC1(C)C[C@H](CCCNc2cccc(S(=O)(=O)NC(=O)c3ccc(N4CCC(OCCC5C6(CC6)C56CC6)C4=O)nc3Cl)n2)CN1. The Morgan fingerprint density at radius 1 is 1.11 bits per heavy atom. The summed E-state index contributed by atoms with van der Waals surface area (Å²) in [7, 11) is -4.29. The fraction of sp³-hybridized carbons (Fsp3) is 0.636. The highest BCUT2D eigenvalue weighted by molar-refractivity contribution is 7.90. The number of hydrogen-bond acceptors (Lipinski definition) is 9. The Kier molecular flexibility index (Phi) is 8.09. The first-order chi connectivity index (χ1) is 21.9. The van der Waals surface area contributed by atoms with Gasteiger partial charge in [-0.25, -0.2) is 14.7 Å². The maximum atomic E-state index is 13.1. The predicted octanol–water partition coefficient (Wildman–Crippen LogP) is 4.53. The average molecular weight is 671 g/mol. The number of nitrogens with one attached hydrogen (secondary N) is 3. The van der Waals surface area contributed by atoms with Crippen molar-refractivity contribution in [3.63, 3.8) is 0 Å². The normalized spacial score (nSPS) is 25.3. The number of anilines is 2. The van der Waals surface area contributed by atoms with Gasteiger partial charge in [0.05, 0.1) is 5.56 Å². The van der Waals surface area contributed by atoms with Crippen LogP contribution >= 0.6 is 11.6 Å². The van der Waals surface area contributed by atoms with E-state index < -0.39 is 22.0 Å². The number of hydrogen-bond donors (Lipinski definition) is 3. The van der Waals surface area contributed by atoms with Crippen LogP contribution in [0.4, 0.5) is 11.6 Å². The smallest absolute Gasteiger partial charge is 0.281 e. The molecule has 3 N–H and O–H groups in total. The van der Waals surface area contributed by atoms with Gasteiger partial charge in [0.2, 0.25) is 0 Å². The number of sulfonamides is 1. The summed E-state index contributed by atoms with van der Waals surface area (Å²) in [6, 6.07) is 7.46. The fourth-order valence-electron chi connectivity index (χ4n) is 8.45. The average Bonchev–Trinajstić information content (AvgIpc) is 3.96. The number of amides is 2. The molecule has 5 fully saturated rings. The standard InChI is InChI=1S/C33H43ClN6O5S/c1-31(2)19-21(20-36-31)5-4-16-35-25-6-3-7-27(37-25)46(43,44)39-29(41)22-8-9-26(38-28(22)34)40-17-10-23(30(40)42)45-18-11-24-32(12-13-32)33(24)14-15-33/h3,6-9,21,23-24,36H,4-5,10-20H2,1-2H3,(H,35,37)(H,39,41)/t21-,23?/m0/s1. The largest absolute Gasteiger partial charge is 0.370 e. The van der Waals surface area contributed by atoms with Crippen LogP contribution in [0.3, 0.4) is 0 Å². The van der Waals surface area contributed by atoms with E-state index in [0.717, 1.165) is 38.1 Å². The van der Waals surface area contributed by atoms with E-state index in [9.17, 15) is 18.0 Å². The van der Waals surface area contributed by atoms with Gasteiger partial charge in [0.15, 0.2) is 5.03 Å². The van der Waals surface area contributed by atoms with Crippen molar-refractivity contribution in [2.75, 3.05) is 36.5 Å². The molecule has 4 heterocycles. The van der Waals surface area contributed by atoms with Crippen LogP contribution in [0, 0.1) is 22.7 Å². The van der Waals surface area contributed by atoms with Gasteiger partial charge in [0.25, 0.3) is 21.8 Å². The van der Waals surface area contributed by atoms with Gasteiger partial charge in [-0.2, -0.15) is 8.42 Å². The minimum atomic E-state index is -4.29. The van der Waals surface area contributed by atoms with Crippen LogP contribution in [-0.2, 0) is 19.6 Å². The van der Waals surface area contributed by atoms with E-state index in [-0.39, 0.29) is 27.2 Å². The van der Waals surface area contributed by atoms with Crippen molar-refractivity contribution >= 4 is 45.1 Å². The minimum Gasteiger partial charge on any atom is -0.370 e. The van der Waals surface area contributed by atoms with Crippen molar-refractivity contribution in [1.82, 2.24) is 20.0 Å². The Morgan fingerprint density at radius 3 is 2.54 bits per heavy atom. The number of ether oxygens (including phenoxy) is 1. The number of fused-ring (bicyclic) bond motifs is 1. The molecule has 7 rings (SSSR count). The zero-order valence-electron chi connectivity index (χ0n) is 26.5. The Balaban J connectivity index is 0.900. The molecule has 3 saturated carbocycles. The molecule has 2 spiro atoms. The molecule has 2 amide bonds. The van der Waals surface area contributed by atoms with Crippen molar-refractivity contribution in [1.29, 1.82) is 0 Å². The molecule has 2 aromatic rings. The lowest BCUT2D eigenvalue weighted by Gasteiger charge is -2.17. The van der Waals surface area contributed by atoms with E-state index in [1.54, 1.807) is 12.1 Å². The first-order valence-corrected chi connectivity index (χ1v) is 18.4. The maximum absolute atomic E-state index is 13.1.